The predicted molar refractivity (Wildman–Crippen MR) is 187 cm³/mol. The van der Waals surface area contributed by atoms with Crippen molar-refractivity contribution in [2.24, 2.45) is 0 Å². The van der Waals surface area contributed by atoms with Crippen LogP contribution in [0.5, 0.6) is 0 Å². The van der Waals surface area contributed by atoms with E-state index in [1.165, 1.54) is 0 Å². The molecule has 0 bridgehead atoms. The van der Waals surface area contributed by atoms with E-state index in [-0.39, 0.29) is 11.1 Å². The normalized spacial score (nSPS) is 13.0. The molecule has 44 heavy (non-hydrogen) atoms. The first-order valence-electron chi connectivity index (χ1n) is 14.3. The number of imidazole rings is 2. The van der Waals surface area contributed by atoms with Gasteiger partial charge in [0.15, 0.2) is 0 Å². The Kier molecular flexibility index (Phi) is 4.06. The minimum absolute atomic E-state index is 0.0446. The molecule has 11 aromatic rings. The Morgan fingerprint density at radius 2 is 0.909 bits per heavy atom. The first kappa shape index (κ1) is 23.5. The van der Waals surface area contributed by atoms with Gasteiger partial charge in [-0.25, -0.2) is 0 Å². The van der Waals surface area contributed by atoms with Gasteiger partial charge in [-0.1, -0.05) is 74.3 Å². The Balaban J connectivity index is 1.45. The fourth-order valence-electron chi connectivity index (χ4n) is 7.94. The molecule has 7 aromatic carbocycles. The van der Waals surface area contributed by atoms with Crippen LogP contribution in [-0.4, -0.2) is 18.8 Å². The molecule has 0 spiro atoms. The topological polar surface area (TPSA) is 74.5 Å². The second kappa shape index (κ2) is 7.59. The van der Waals surface area contributed by atoms with Gasteiger partial charge in [0.1, 0.15) is 11.3 Å². The fraction of sp³-hybridized carbons (Fsp3) is 0. The van der Waals surface area contributed by atoms with Crippen molar-refractivity contribution in [1.82, 2.24) is 18.8 Å². The lowest BCUT2D eigenvalue weighted by molar-refractivity contribution is 1.19. The van der Waals surface area contributed by atoms with Crippen LogP contribution in [0.15, 0.2) is 103 Å². The molecule has 0 fully saturated rings. The molecule has 8 heteroatoms. The van der Waals surface area contributed by atoms with Crippen molar-refractivity contribution in [1.29, 1.82) is 0 Å². The highest BCUT2D eigenvalue weighted by molar-refractivity contribution is 9.11. The highest BCUT2D eigenvalue weighted by Crippen LogP contribution is 2.50. The monoisotopic (exact) mass is 694 g/mol. The molecule has 0 amide bonds. The fourth-order valence-corrected chi connectivity index (χ4v) is 9.22. The summed E-state index contributed by atoms with van der Waals surface area (Å²) in [5.74, 6) is 0. The summed E-state index contributed by atoms with van der Waals surface area (Å²) in [5, 5.41) is 11.4. The lowest BCUT2D eigenvalue weighted by Crippen LogP contribution is -2.14. The zero-order valence-electron chi connectivity index (χ0n) is 22.5. The average molecular weight is 696 g/mol. The van der Waals surface area contributed by atoms with Crippen LogP contribution in [0.1, 0.15) is 0 Å². The van der Waals surface area contributed by atoms with E-state index in [9.17, 15) is 9.59 Å². The van der Waals surface area contributed by atoms with Crippen LogP contribution in [0.3, 0.4) is 0 Å². The van der Waals surface area contributed by atoms with Crippen molar-refractivity contribution in [3.05, 3.63) is 115 Å². The first-order valence-corrected chi connectivity index (χ1v) is 15.8. The third-order valence-electron chi connectivity index (χ3n) is 9.63. The van der Waals surface area contributed by atoms with E-state index < -0.39 is 0 Å². The Labute approximate surface area is 262 Å². The summed E-state index contributed by atoms with van der Waals surface area (Å²) in [6, 6.07) is 28.2. The van der Waals surface area contributed by atoms with E-state index in [0.29, 0.717) is 10.8 Å². The van der Waals surface area contributed by atoms with Crippen LogP contribution >= 0.6 is 31.9 Å². The van der Waals surface area contributed by atoms with Gasteiger partial charge in [0.25, 0.3) is 11.1 Å². The molecule has 2 N–H and O–H groups in total. The Hall–Kier alpha value is -4.92. The van der Waals surface area contributed by atoms with Gasteiger partial charge in [0.05, 0.1) is 27.5 Å². The summed E-state index contributed by atoms with van der Waals surface area (Å²) in [6.07, 6.45) is 0. The standard InChI is InChI=1S/C36H16Br2N4O2/c37-21-13-19-29-20(36(44)42-26-8-4-2-6-24(26)40-34(19)42)14-22(38)31-16-10-12-18-28-17(11-9-15(27(16)28)30(21)32(29)31)33-39-23-5-1-3-7-25(23)41(33)35(18)43/h1-14,39-40H. The van der Waals surface area contributed by atoms with Gasteiger partial charge in [0.2, 0.25) is 0 Å². The number of aromatic amines is 2. The van der Waals surface area contributed by atoms with Gasteiger partial charge in [-0.3, -0.25) is 18.4 Å². The van der Waals surface area contributed by atoms with Gasteiger partial charge < -0.3 is 9.97 Å². The number of hydrogen-bond acceptors (Lipinski definition) is 2. The lowest BCUT2D eigenvalue weighted by Gasteiger charge is -2.20. The maximum Gasteiger partial charge on any atom is 0.264 e. The second-order valence-electron chi connectivity index (χ2n) is 11.6. The molecule has 11 rings (SSSR count). The third kappa shape index (κ3) is 2.50. The van der Waals surface area contributed by atoms with E-state index in [1.54, 1.807) is 8.80 Å². The number of nitrogens with one attached hydrogen (secondary N) is 2. The highest BCUT2D eigenvalue weighted by Gasteiger charge is 2.26. The molecular weight excluding hydrogens is 680 g/mol. The number of aromatic nitrogens is 4. The second-order valence-corrected chi connectivity index (χ2v) is 13.4. The molecule has 4 heterocycles. The number of rotatable bonds is 0. The Bertz CT molecular complexity index is 3220. The largest absolute Gasteiger partial charge is 0.339 e. The number of nitrogens with zero attached hydrogens (tertiary/aromatic N) is 2. The zero-order valence-corrected chi connectivity index (χ0v) is 25.7. The van der Waals surface area contributed by atoms with Crippen molar-refractivity contribution in [2.45, 2.75) is 0 Å². The molecule has 0 aliphatic rings. The average Bonchev–Trinajstić information content (AvgIpc) is 3.62. The molecular formula is C36H16Br2N4O2. The number of fused-ring (bicyclic) bond motifs is 10. The Morgan fingerprint density at radius 1 is 0.455 bits per heavy atom. The molecule has 206 valence electrons. The smallest absolute Gasteiger partial charge is 0.264 e. The first-order chi connectivity index (χ1) is 21.5. The van der Waals surface area contributed by atoms with Gasteiger partial charge in [-0.15, -0.1) is 0 Å². The predicted octanol–water partition coefficient (Wildman–Crippen LogP) is 9.19. The minimum Gasteiger partial charge on any atom is -0.339 e. The Morgan fingerprint density at radius 3 is 1.55 bits per heavy atom. The van der Waals surface area contributed by atoms with Crippen LogP contribution < -0.4 is 11.1 Å². The number of H-pyrrole nitrogens is 2. The summed E-state index contributed by atoms with van der Waals surface area (Å²) in [5.41, 5.74) is 4.99. The maximum absolute atomic E-state index is 14.2. The molecule has 0 unspecified atom stereocenters. The quantitative estimate of drug-likeness (QED) is 0.123. The summed E-state index contributed by atoms with van der Waals surface area (Å²) < 4.78 is 5.36. The van der Waals surface area contributed by atoms with E-state index >= 15 is 0 Å². The zero-order chi connectivity index (χ0) is 29.2. The summed E-state index contributed by atoms with van der Waals surface area (Å²) in [4.78, 5) is 35.4. The molecule has 0 aliphatic carbocycles. The maximum atomic E-state index is 14.2. The van der Waals surface area contributed by atoms with E-state index in [1.807, 2.05) is 60.7 Å². The highest BCUT2D eigenvalue weighted by atomic mass is 79.9. The number of pyridine rings is 2. The van der Waals surface area contributed by atoms with Crippen molar-refractivity contribution >= 4 is 130 Å². The summed E-state index contributed by atoms with van der Waals surface area (Å²) in [6.45, 7) is 0. The number of halogens is 2. The van der Waals surface area contributed by atoms with E-state index in [0.717, 1.165) is 96.2 Å². The van der Waals surface area contributed by atoms with Crippen molar-refractivity contribution in [3.63, 3.8) is 0 Å². The molecule has 0 saturated heterocycles. The van der Waals surface area contributed by atoms with Gasteiger partial charge >= 0.3 is 0 Å². The van der Waals surface area contributed by atoms with Crippen molar-refractivity contribution in [3.8, 4) is 0 Å². The molecule has 0 aliphatic heterocycles. The number of para-hydroxylation sites is 4. The van der Waals surface area contributed by atoms with E-state index in [2.05, 4.69) is 66.1 Å². The molecule has 0 saturated carbocycles. The van der Waals surface area contributed by atoms with E-state index in [4.69, 9.17) is 0 Å². The summed E-state index contributed by atoms with van der Waals surface area (Å²) in [7, 11) is 0. The molecule has 4 aromatic heterocycles. The van der Waals surface area contributed by atoms with Crippen LogP contribution in [0.25, 0.3) is 98.0 Å². The lowest BCUT2D eigenvalue weighted by atomic mass is 9.86. The van der Waals surface area contributed by atoms with Crippen LogP contribution in [0, 0.1) is 0 Å². The minimum atomic E-state index is -0.0597. The van der Waals surface area contributed by atoms with Crippen LogP contribution in [0.4, 0.5) is 0 Å². The third-order valence-corrected chi connectivity index (χ3v) is 10.9. The molecule has 0 atom stereocenters. The number of hydrogen-bond donors (Lipinski definition) is 2. The van der Waals surface area contributed by atoms with Gasteiger partial charge in [-0.2, -0.15) is 0 Å². The molecule has 0 radical (unpaired) electrons. The SMILES string of the molecule is O=c1c2ccc3c4c(Br)cc5c(=O)n6c7ccccc7[nH]c6c6cc(Br)c(c7ccc(c2c37)c2[nH]c3ccccc3n12)c4c56. The van der Waals surface area contributed by atoms with Crippen molar-refractivity contribution in [2.75, 3.05) is 0 Å². The summed E-state index contributed by atoms with van der Waals surface area (Å²) >= 11 is 7.87. The van der Waals surface area contributed by atoms with Crippen LogP contribution in [0.2, 0.25) is 0 Å². The van der Waals surface area contributed by atoms with Gasteiger partial charge in [0, 0.05) is 52.0 Å². The van der Waals surface area contributed by atoms with Crippen LogP contribution in [-0.2, 0) is 0 Å². The van der Waals surface area contributed by atoms with Crippen molar-refractivity contribution < 1.29 is 0 Å². The molecule has 6 nitrogen and oxygen atoms in total. The van der Waals surface area contributed by atoms with Gasteiger partial charge in [-0.05, 0) is 58.6 Å². The number of benzene rings is 7.